The second kappa shape index (κ2) is 8.32. The Bertz CT molecular complexity index is 752. The average Bonchev–Trinajstić information content (AvgIpc) is 2.55. The van der Waals surface area contributed by atoms with Crippen LogP contribution >= 0.6 is 34.2 Å². The highest BCUT2D eigenvalue weighted by molar-refractivity contribution is 14.1. The Labute approximate surface area is 166 Å². The highest BCUT2D eigenvalue weighted by Gasteiger charge is 2.32. The zero-order valence-electron chi connectivity index (χ0n) is 14.1. The minimum Gasteiger partial charge on any atom is -0.481 e. The van der Waals surface area contributed by atoms with Gasteiger partial charge >= 0.3 is 5.97 Å². The largest absolute Gasteiger partial charge is 0.481 e. The number of carbonyl (C=O) groups excluding carboxylic acids is 1. The van der Waals surface area contributed by atoms with Gasteiger partial charge in [0.25, 0.3) is 0 Å². The van der Waals surface area contributed by atoms with E-state index in [2.05, 4.69) is 22.6 Å². The standard InChI is InChI=1S/C20H20ClIO3/c1-20(2,19(24)25)12-15(13-3-7-16(21)8-4-13)11-18(23)14-5-9-17(22)10-6-14/h3-10,15H,11-12H2,1-2H3,(H,24,25). The van der Waals surface area contributed by atoms with Gasteiger partial charge in [0, 0.05) is 20.6 Å². The molecule has 25 heavy (non-hydrogen) atoms. The van der Waals surface area contributed by atoms with E-state index in [0.29, 0.717) is 17.0 Å². The number of rotatable bonds is 7. The molecule has 5 heteroatoms. The number of carboxylic acid groups (broad SMARTS) is 1. The van der Waals surface area contributed by atoms with E-state index < -0.39 is 11.4 Å². The quantitative estimate of drug-likeness (QED) is 0.411. The van der Waals surface area contributed by atoms with E-state index in [9.17, 15) is 14.7 Å². The van der Waals surface area contributed by atoms with Crippen molar-refractivity contribution in [3.8, 4) is 0 Å². The van der Waals surface area contributed by atoms with E-state index in [0.717, 1.165) is 9.13 Å². The monoisotopic (exact) mass is 470 g/mol. The molecule has 1 N–H and O–H groups in total. The number of carboxylic acids is 1. The Morgan fingerprint density at radius 1 is 1.08 bits per heavy atom. The fraction of sp³-hybridized carbons (Fsp3) is 0.300. The predicted molar refractivity (Wildman–Crippen MR) is 108 cm³/mol. The number of halogens is 2. The molecular formula is C20H20ClIO3. The summed E-state index contributed by atoms with van der Waals surface area (Å²) in [7, 11) is 0. The molecule has 3 nitrogen and oxygen atoms in total. The lowest BCUT2D eigenvalue weighted by Gasteiger charge is -2.26. The first kappa shape index (κ1) is 19.9. The molecule has 0 fully saturated rings. The molecule has 2 aromatic rings. The summed E-state index contributed by atoms with van der Waals surface area (Å²) in [4.78, 5) is 24.2. The van der Waals surface area contributed by atoms with Gasteiger partial charge in [-0.3, -0.25) is 9.59 Å². The third-order valence-electron chi connectivity index (χ3n) is 4.28. The number of hydrogen-bond donors (Lipinski definition) is 1. The van der Waals surface area contributed by atoms with E-state index in [4.69, 9.17) is 11.6 Å². The molecule has 2 aromatic carbocycles. The fourth-order valence-corrected chi connectivity index (χ4v) is 3.21. The Morgan fingerprint density at radius 3 is 2.16 bits per heavy atom. The van der Waals surface area contributed by atoms with Crippen LogP contribution in [0.4, 0.5) is 0 Å². The van der Waals surface area contributed by atoms with Crippen LogP contribution in [0.25, 0.3) is 0 Å². The van der Waals surface area contributed by atoms with Crippen molar-refractivity contribution in [2.24, 2.45) is 5.41 Å². The van der Waals surface area contributed by atoms with Gasteiger partial charge in [-0.2, -0.15) is 0 Å². The van der Waals surface area contributed by atoms with Crippen molar-refractivity contribution >= 4 is 45.9 Å². The number of benzene rings is 2. The van der Waals surface area contributed by atoms with Gasteiger partial charge in [-0.1, -0.05) is 35.9 Å². The molecule has 0 radical (unpaired) electrons. The van der Waals surface area contributed by atoms with Crippen molar-refractivity contribution in [2.45, 2.75) is 32.6 Å². The second-order valence-corrected chi connectivity index (χ2v) is 8.46. The lowest BCUT2D eigenvalue weighted by Crippen LogP contribution is -2.27. The van der Waals surface area contributed by atoms with Crippen LogP contribution in [-0.2, 0) is 4.79 Å². The van der Waals surface area contributed by atoms with Crippen molar-refractivity contribution < 1.29 is 14.7 Å². The van der Waals surface area contributed by atoms with Gasteiger partial charge in [0.2, 0.25) is 0 Å². The van der Waals surface area contributed by atoms with Gasteiger partial charge in [-0.05, 0) is 78.6 Å². The van der Waals surface area contributed by atoms with E-state index >= 15 is 0 Å². The molecule has 0 heterocycles. The topological polar surface area (TPSA) is 54.4 Å². The summed E-state index contributed by atoms with van der Waals surface area (Å²) in [5.41, 5.74) is 0.654. The third kappa shape index (κ3) is 5.54. The van der Waals surface area contributed by atoms with Crippen LogP contribution in [-0.4, -0.2) is 16.9 Å². The Morgan fingerprint density at radius 2 is 1.64 bits per heavy atom. The third-order valence-corrected chi connectivity index (χ3v) is 5.25. The van der Waals surface area contributed by atoms with Crippen LogP contribution in [0.5, 0.6) is 0 Å². The molecular weight excluding hydrogens is 451 g/mol. The molecule has 0 aliphatic rings. The summed E-state index contributed by atoms with van der Waals surface area (Å²) in [6.07, 6.45) is 0.638. The first-order chi connectivity index (χ1) is 11.7. The first-order valence-corrected chi connectivity index (χ1v) is 9.42. The summed E-state index contributed by atoms with van der Waals surface area (Å²) < 4.78 is 1.07. The van der Waals surface area contributed by atoms with Crippen molar-refractivity contribution in [3.63, 3.8) is 0 Å². The highest BCUT2D eigenvalue weighted by atomic mass is 127. The summed E-state index contributed by atoms with van der Waals surface area (Å²) in [6.45, 7) is 3.38. The summed E-state index contributed by atoms with van der Waals surface area (Å²) in [5.74, 6) is -1.04. The summed E-state index contributed by atoms with van der Waals surface area (Å²) >= 11 is 8.15. The lowest BCUT2D eigenvalue weighted by molar-refractivity contribution is -0.147. The molecule has 0 amide bonds. The maximum atomic E-state index is 12.7. The Hall–Kier alpha value is -1.40. The molecule has 132 valence electrons. The van der Waals surface area contributed by atoms with E-state index in [1.54, 1.807) is 26.0 Å². The maximum Gasteiger partial charge on any atom is 0.309 e. The van der Waals surface area contributed by atoms with Crippen LogP contribution in [0, 0.1) is 8.99 Å². The second-order valence-electron chi connectivity index (χ2n) is 6.78. The maximum absolute atomic E-state index is 12.7. The molecule has 0 bridgehead atoms. The molecule has 0 saturated carbocycles. The number of Topliss-reactive ketones (excluding diaryl/α,β-unsaturated/α-hetero) is 1. The minimum atomic E-state index is -0.920. The fourth-order valence-electron chi connectivity index (χ4n) is 2.72. The molecule has 0 aliphatic carbocycles. The average molecular weight is 471 g/mol. The van der Waals surface area contributed by atoms with Crippen LogP contribution in [0.3, 0.4) is 0 Å². The normalized spacial score (nSPS) is 12.6. The number of hydrogen-bond acceptors (Lipinski definition) is 2. The van der Waals surface area contributed by atoms with Crippen LogP contribution < -0.4 is 0 Å². The summed E-state index contributed by atoms with van der Waals surface area (Å²) in [6, 6.07) is 14.7. The smallest absolute Gasteiger partial charge is 0.309 e. The number of carbonyl (C=O) groups is 2. The molecule has 0 aromatic heterocycles. The van der Waals surface area contributed by atoms with Crippen LogP contribution in [0.2, 0.25) is 5.02 Å². The van der Waals surface area contributed by atoms with Gasteiger partial charge in [-0.25, -0.2) is 0 Å². The van der Waals surface area contributed by atoms with E-state index in [-0.39, 0.29) is 18.1 Å². The molecule has 0 saturated heterocycles. The lowest BCUT2D eigenvalue weighted by atomic mass is 9.77. The minimum absolute atomic E-state index is 0.0116. The molecule has 2 rings (SSSR count). The van der Waals surface area contributed by atoms with Gasteiger partial charge in [0.15, 0.2) is 5.78 Å². The van der Waals surface area contributed by atoms with Crippen molar-refractivity contribution in [2.75, 3.05) is 0 Å². The van der Waals surface area contributed by atoms with Crippen molar-refractivity contribution in [1.82, 2.24) is 0 Å². The van der Waals surface area contributed by atoms with E-state index in [1.807, 2.05) is 36.4 Å². The van der Waals surface area contributed by atoms with Gasteiger partial charge in [0.05, 0.1) is 5.41 Å². The molecule has 0 spiro atoms. The molecule has 1 unspecified atom stereocenters. The summed E-state index contributed by atoms with van der Waals surface area (Å²) in [5, 5.41) is 10.1. The van der Waals surface area contributed by atoms with Crippen molar-refractivity contribution in [3.05, 3.63) is 68.3 Å². The van der Waals surface area contributed by atoms with Gasteiger partial charge in [0.1, 0.15) is 0 Å². The number of ketones is 1. The SMILES string of the molecule is CC(C)(CC(CC(=O)c1ccc(I)cc1)c1ccc(Cl)cc1)C(=O)O. The molecule has 0 aliphatic heterocycles. The Balaban J connectivity index is 2.27. The highest BCUT2D eigenvalue weighted by Crippen LogP contribution is 2.35. The van der Waals surface area contributed by atoms with Crippen LogP contribution in [0.1, 0.15) is 48.5 Å². The predicted octanol–water partition coefficient (Wildman–Crippen LogP) is 5.80. The van der Waals surface area contributed by atoms with Crippen LogP contribution in [0.15, 0.2) is 48.5 Å². The van der Waals surface area contributed by atoms with E-state index in [1.165, 1.54) is 0 Å². The van der Waals surface area contributed by atoms with Gasteiger partial charge < -0.3 is 5.11 Å². The zero-order valence-corrected chi connectivity index (χ0v) is 17.0. The van der Waals surface area contributed by atoms with Crippen molar-refractivity contribution in [1.29, 1.82) is 0 Å². The first-order valence-electron chi connectivity index (χ1n) is 7.96. The Kier molecular flexibility index (Phi) is 6.63. The molecule has 1 atom stereocenters. The zero-order chi connectivity index (χ0) is 18.6. The number of aliphatic carboxylic acids is 1. The van der Waals surface area contributed by atoms with Gasteiger partial charge in [-0.15, -0.1) is 0 Å².